The summed E-state index contributed by atoms with van der Waals surface area (Å²) >= 11 is 0. The molecule has 0 unspecified atom stereocenters. The van der Waals surface area contributed by atoms with Crippen LogP contribution in [0, 0.1) is 5.82 Å². The number of aryl methyl sites for hydroxylation is 1. The van der Waals surface area contributed by atoms with Gasteiger partial charge in [0.15, 0.2) is 11.6 Å². The van der Waals surface area contributed by atoms with Crippen LogP contribution in [0.3, 0.4) is 0 Å². The van der Waals surface area contributed by atoms with Crippen molar-refractivity contribution in [3.05, 3.63) is 78.3 Å². The highest BCUT2D eigenvalue weighted by Crippen LogP contribution is 2.33. The zero-order chi connectivity index (χ0) is 22.2. The molecule has 0 aliphatic heterocycles. The van der Waals surface area contributed by atoms with Crippen molar-refractivity contribution in [2.75, 3.05) is 13.7 Å². The molecule has 1 amide bonds. The lowest BCUT2D eigenvalue weighted by Crippen LogP contribution is -2.23. The van der Waals surface area contributed by atoms with Gasteiger partial charge in [-0.15, -0.1) is 6.58 Å². The van der Waals surface area contributed by atoms with Gasteiger partial charge in [-0.05, 0) is 49.2 Å². The molecule has 3 rings (SSSR count). The molecule has 1 heterocycles. The molecule has 6 nitrogen and oxygen atoms in total. The molecule has 162 valence electrons. The lowest BCUT2D eigenvalue weighted by molar-refractivity contribution is -0.120. The van der Waals surface area contributed by atoms with Gasteiger partial charge in [0.2, 0.25) is 11.8 Å². The lowest BCUT2D eigenvalue weighted by Gasteiger charge is -2.12. The van der Waals surface area contributed by atoms with Crippen LogP contribution in [-0.2, 0) is 17.6 Å². The molecule has 1 aromatic heterocycles. The first-order valence-electron chi connectivity index (χ1n) is 10.1. The van der Waals surface area contributed by atoms with Crippen LogP contribution in [-0.4, -0.2) is 29.3 Å². The second kappa shape index (κ2) is 10.4. The highest BCUT2D eigenvalue weighted by molar-refractivity contribution is 5.76. The van der Waals surface area contributed by atoms with Crippen LogP contribution in [0.1, 0.15) is 24.6 Å². The minimum Gasteiger partial charge on any atom is -0.497 e. The van der Waals surface area contributed by atoms with Crippen molar-refractivity contribution in [3.8, 4) is 23.1 Å². The molecule has 0 saturated heterocycles. The maximum absolute atomic E-state index is 14.3. The van der Waals surface area contributed by atoms with E-state index in [4.69, 9.17) is 14.6 Å². The third-order valence-electron chi connectivity index (χ3n) is 4.76. The maximum Gasteiger partial charge on any atom is 0.226 e. The molecule has 0 aliphatic carbocycles. The molecule has 0 aliphatic rings. The summed E-state index contributed by atoms with van der Waals surface area (Å²) in [7, 11) is 1.60. The van der Waals surface area contributed by atoms with E-state index in [1.54, 1.807) is 36.1 Å². The Morgan fingerprint density at radius 2 is 1.97 bits per heavy atom. The summed E-state index contributed by atoms with van der Waals surface area (Å²) < 4.78 is 27.2. The molecular formula is C24H26FN3O3. The first kappa shape index (κ1) is 22.1. The molecule has 0 fully saturated rings. The second-order valence-electron chi connectivity index (χ2n) is 6.82. The van der Waals surface area contributed by atoms with E-state index in [1.807, 2.05) is 31.2 Å². The third kappa shape index (κ3) is 5.31. The van der Waals surface area contributed by atoms with Crippen molar-refractivity contribution in [1.82, 2.24) is 15.1 Å². The number of aromatic nitrogens is 2. The van der Waals surface area contributed by atoms with Crippen molar-refractivity contribution in [2.24, 2.45) is 0 Å². The summed E-state index contributed by atoms with van der Waals surface area (Å²) in [6.07, 6.45) is 2.93. The number of nitrogens with one attached hydrogen (secondary N) is 1. The Morgan fingerprint density at radius 1 is 1.23 bits per heavy atom. The predicted octanol–water partition coefficient (Wildman–Crippen LogP) is 4.61. The Morgan fingerprint density at radius 3 is 2.61 bits per heavy atom. The molecule has 0 spiro atoms. The van der Waals surface area contributed by atoms with Crippen LogP contribution in [0.15, 0.2) is 61.2 Å². The number of rotatable bonds is 10. The number of carbonyl (C=O) groups is 1. The Labute approximate surface area is 181 Å². The number of carbonyl (C=O) groups excluding carboxylic acids is 1. The van der Waals surface area contributed by atoms with Crippen molar-refractivity contribution < 1.29 is 18.7 Å². The minimum absolute atomic E-state index is 0.0946. The number of methoxy groups -OCH3 is 1. The highest BCUT2D eigenvalue weighted by Gasteiger charge is 2.22. The summed E-state index contributed by atoms with van der Waals surface area (Å²) in [4.78, 5) is 12.1. The van der Waals surface area contributed by atoms with Crippen LogP contribution in [0.5, 0.6) is 17.4 Å². The number of halogens is 1. The van der Waals surface area contributed by atoms with Crippen molar-refractivity contribution in [1.29, 1.82) is 0 Å². The van der Waals surface area contributed by atoms with Gasteiger partial charge in [0.05, 0.1) is 18.5 Å². The quantitative estimate of drug-likeness (QED) is 0.484. The van der Waals surface area contributed by atoms with Crippen LogP contribution >= 0.6 is 0 Å². The van der Waals surface area contributed by atoms with Crippen LogP contribution in [0.2, 0.25) is 0 Å². The van der Waals surface area contributed by atoms with Gasteiger partial charge in [-0.1, -0.05) is 25.1 Å². The summed E-state index contributed by atoms with van der Waals surface area (Å²) in [5, 5.41) is 7.47. The average Bonchev–Trinajstić information content (AvgIpc) is 3.15. The van der Waals surface area contributed by atoms with Gasteiger partial charge < -0.3 is 14.8 Å². The fourth-order valence-electron chi connectivity index (χ4n) is 3.16. The number of amides is 1. The van der Waals surface area contributed by atoms with Crippen LogP contribution in [0.4, 0.5) is 4.39 Å². The van der Waals surface area contributed by atoms with E-state index in [0.717, 1.165) is 16.9 Å². The van der Waals surface area contributed by atoms with Crippen molar-refractivity contribution in [2.45, 2.75) is 26.2 Å². The molecule has 2 aromatic carbocycles. The number of hydrogen-bond donors (Lipinski definition) is 1. The molecule has 7 heteroatoms. The zero-order valence-corrected chi connectivity index (χ0v) is 17.7. The monoisotopic (exact) mass is 423 g/mol. The molecule has 0 bridgehead atoms. The van der Waals surface area contributed by atoms with Gasteiger partial charge in [-0.25, -0.2) is 9.07 Å². The van der Waals surface area contributed by atoms with Crippen LogP contribution in [0.25, 0.3) is 5.69 Å². The molecule has 0 atom stereocenters. The van der Waals surface area contributed by atoms with Gasteiger partial charge in [0, 0.05) is 18.5 Å². The smallest absolute Gasteiger partial charge is 0.226 e. The van der Waals surface area contributed by atoms with Gasteiger partial charge in [0.25, 0.3) is 0 Å². The average molecular weight is 423 g/mol. The van der Waals surface area contributed by atoms with Crippen LogP contribution < -0.4 is 14.8 Å². The van der Waals surface area contributed by atoms with Crippen molar-refractivity contribution >= 4 is 5.91 Å². The molecule has 31 heavy (non-hydrogen) atoms. The van der Waals surface area contributed by atoms with Gasteiger partial charge in [-0.3, -0.25) is 4.79 Å². The summed E-state index contributed by atoms with van der Waals surface area (Å²) in [6.45, 7) is 5.99. The first-order valence-corrected chi connectivity index (χ1v) is 10.1. The number of para-hydroxylation sites is 1. The highest BCUT2D eigenvalue weighted by atomic mass is 19.1. The maximum atomic E-state index is 14.3. The number of benzene rings is 2. The fraction of sp³-hybridized carbons (Fsp3) is 0.250. The van der Waals surface area contributed by atoms with Gasteiger partial charge in [0.1, 0.15) is 5.75 Å². The van der Waals surface area contributed by atoms with E-state index in [9.17, 15) is 9.18 Å². The van der Waals surface area contributed by atoms with E-state index >= 15 is 0 Å². The molecule has 0 radical (unpaired) electrons. The fourth-order valence-corrected chi connectivity index (χ4v) is 3.16. The largest absolute Gasteiger partial charge is 0.497 e. The molecule has 1 N–H and O–H groups in total. The lowest BCUT2D eigenvalue weighted by atomic mass is 10.1. The predicted molar refractivity (Wildman–Crippen MR) is 117 cm³/mol. The van der Waals surface area contributed by atoms with E-state index in [0.29, 0.717) is 31.0 Å². The van der Waals surface area contributed by atoms with Gasteiger partial charge >= 0.3 is 0 Å². The Kier molecular flexibility index (Phi) is 7.43. The Hall–Kier alpha value is -3.61. The van der Waals surface area contributed by atoms with E-state index in [2.05, 4.69) is 11.9 Å². The number of hydrogen-bond acceptors (Lipinski definition) is 4. The standard InChI is InChI=1S/C24H26FN3O3/c1-4-16-26-23(29)15-14-19-21(5-2)27-28(17-10-12-18(30-3)13-11-17)24(19)31-22-9-7-6-8-20(22)25/h4,6-13H,1,5,14-16H2,2-3H3,(H,26,29). The minimum atomic E-state index is -0.474. The van der Waals surface area contributed by atoms with Crippen molar-refractivity contribution in [3.63, 3.8) is 0 Å². The Balaban J connectivity index is 2.02. The topological polar surface area (TPSA) is 65.4 Å². The molecule has 3 aromatic rings. The van der Waals surface area contributed by atoms with E-state index in [1.165, 1.54) is 6.07 Å². The third-order valence-corrected chi connectivity index (χ3v) is 4.76. The zero-order valence-electron chi connectivity index (χ0n) is 17.7. The van der Waals surface area contributed by atoms with E-state index < -0.39 is 5.82 Å². The van der Waals surface area contributed by atoms with Gasteiger partial charge in [-0.2, -0.15) is 5.10 Å². The Bertz CT molecular complexity index is 1040. The molecule has 0 saturated carbocycles. The summed E-state index contributed by atoms with van der Waals surface area (Å²) in [5.41, 5.74) is 2.30. The SMILES string of the molecule is C=CCNC(=O)CCc1c(CC)nn(-c2ccc(OC)cc2)c1Oc1ccccc1F. The van der Waals surface area contributed by atoms with E-state index in [-0.39, 0.29) is 18.1 Å². The number of ether oxygens (including phenoxy) is 2. The second-order valence-corrected chi connectivity index (χ2v) is 6.82. The molecular weight excluding hydrogens is 397 g/mol. The summed E-state index contributed by atoms with van der Waals surface area (Å²) in [5.74, 6) is 0.622. The first-order chi connectivity index (χ1) is 15.1. The normalized spacial score (nSPS) is 10.5. The summed E-state index contributed by atoms with van der Waals surface area (Å²) in [6, 6.07) is 13.5. The number of nitrogens with zero attached hydrogens (tertiary/aromatic N) is 2.